The number of hydrogen-bond acceptors (Lipinski definition) is 2. The van der Waals surface area contributed by atoms with Crippen LogP contribution in [0.2, 0.25) is 0 Å². The zero-order valence-electron chi connectivity index (χ0n) is 12.5. The molecule has 0 saturated heterocycles. The van der Waals surface area contributed by atoms with Gasteiger partial charge in [-0.25, -0.2) is 0 Å². The molecule has 5 fully saturated rings. The molecular weight excluding hydrogens is 232 g/mol. The largest absolute Gasteiger partial charge is 0.271 e. The SMILES string of the molecule is CC12CC3CC(C1)CC(C(NN)C1CCCC1)(C3)C2. The molecule has 5 aliphatic carbocycles. The molecule has 0 aliphatic heterocycles. The first-order valence-electron chi connectivity index (χ1n) is 8.59. The normalized spacial score (nSPS) is 50.8. The van der Waals surface area contributed by atoms with Crippen LogP contribution in [0.15, 0.2) is 0 Å². The Morgan fingerprint density at radius 3 is 2.21 bits per heavy atom. The summed E-state index contributed by atoms with van der Waals surface area (Å²) in [4.78, 5) is 0. The minimum atomic E-state index is 0.558. The Balaban J connectivity index is 1.64. The topological polar surface area (TPSA) is 38.0 Å². The molecule has 0 radical (unpaired) electrons. The molecule has 0 spiro atoms. The quantitative estimate of drug-likeness (QED) is 0.602. The van der Waals surface area contributed by atoms with Crippen LogP contribution in [-0.2, 0) is 0 Å². The van der Waals surface area contributed by atoms with E-state index in [4.69, 9.17) is 5.84 Å². The van der Waals surface area contributed by atoms with Gasteiger partial charge in [-0.3, -0.25) is 11.3 Å². The van der Waals surface area contributed by atoms with Crippen molar-refractivity contribution in [3.05, 3.63) is 0 Å². The van der Waals surface area contributed by atoms with Gasteiger partial charge in [-0.1, -0.05) is 19.8 Å². The lowest BCUT2D eigenvalue weighted by molar-refractivity contribution is -0.126. The Bertz CT molecular complexity index is 344. The summed E-state index contributed by atoms with van der Waals surface area (Å²) >= 11 is 0. The van der Waals surface area contributed by atoms with Gasteiger partial charge in [0, 0.05) is 6.04 Å². The summed E-state index contributed by atoms with van der Waals surface area (Å²) in [7, 11) is 0. The number of nitrogens with two attached hydrogens (primary N) is 1. The fourth-order valence-corrected chi connectivity index (χ4v) is 7.27. The molecule has 2 heteroatoms. The molecule has 0 aromatic carbocycles. The molecule has 108 valence electrons. The molecule has 0 aromatic rings. The van der Waals surface area contributed by atoms with Gasteiger partial charge in [-0.2, -0.15) is 0 Å². The number of nitrogens with one attached hydrogen (secondary N) is 1. The molecule has 0 aromatic heterocycles. The Hall–Kier alpha value is -0.0800. The van der Waals surface area contributed by atoms with Gasteiger partial charge in [0.2, 0.25) is 0 Å². The Kier molecular flexibility index (Phi) is 2.80. The van der Waals surface area contributed by atoms with E-state index in [9.17, 15) is 0 Å². The van der Waals surface area contributed by atoms with Crippen molar-refractivity contribution in [2.75, 3.05) is 0 Å². The zero-order chi connectivity index (χ0) is 13.1. The summed E-state index contributed by atoms with van der Waals surface area (Å²) in [6.45, 7) is 2.57. The van der Waals surface area contributed by atoms with E-state index < -0.39 is 0 Å². The predicted molar refractivity (Wildman–Crippen MR) is 78.3 cm³/mol. The minimum Gasteiger partial charge on any atom is -0.271 e. The second-order valence-electron chi connectivity index (χ2n) is 8.82. The predicted octanol–water partition coefficient (Wildman–Crippen LogP) is 3.62. The van der Waals surface area contributed by atoms with E-state index in [0.29, 0.717) is 16.9 Å². The molecular formula is C17H30N2. The summed E-state index contributed by atoms with van der Waals surface area (Å²) in [5.41, 5.74) is 4.53. The highest BCUT2D eigenvalue weighted by Crippen LogP contribution is 2.67. The highest BCUT2D eigenvalue weighted by molar-refractivity contribution is 5.11. The van der Waals surface area contributed by atoms with Crippen LogP contribution in [-0.4, -0.2) is 6.04 Å². The van der Waals surface area contributed by atoms with E-state index in [2.05, 4.69) is 12.3 Å². The van der Waals surface area contributed by atoms with Crippen molar-refractivity contribution in [3.8, 4) is 0 Å². The molecule has 4 bridgehead atoms. The number of hydrazine groups is 1. The third-order valence-corrected chi connectivity index (χ3v) is 7.11. The average Bonchev–Trinajstić information content (AvgIpc) is 2.79. The second kappa shape index (κ2) is 4.21. The van der Waals surface area contributed by atoms with E-state index in [1.807, 2.05) is 0 Å². The van der Waals surface area contributed by atoms with Gasteiger partial charge in [0.05, 0.1) is 0 Å². The Labute approximate surface area is 117 Å². The summed E-state index contributed by atoms with van der Waals surface area (Å²) in [6.07, 6.45) is 14.7. The Morgan fingerprint density at radius 2 is 1.68 bits per heavy atom. The smallest absolute Gasteiger partial charge is 0.0295 e. The number of rotatable bonds is 3. The lowest BCUT2D eigenvalue weighted by Crippen LogP contribution is -2.61. The first-order valence-corrected chi connectivity index (χ1v) is 8.59. The third-order valence-electron chi connectivity index (χ3n) is 7.11. The maximum Gasteiger partial charge on any atom is 0.0295 e. The summed E-state index contributed by atoms with van der Waals surface area (Å²) in [6, 6.07) is 0.611. The summed E-state index contributed by atoms with van der Waals surface area (Å²) in [5.74, 6) is 8.97. The van der Waals surface area contributed by atoms with E-state index in [1.165, 1.54) is 64.2 Å². The second-order valence-corrected chi connectivity index (χ2v) is 8.82. The summed E-state index contributed by atoms with van der Waals surface area (Å²) in [5, 5.41) is 0. The molecule has 19 heavy (non-hydrogen) atoms. The van der Waals surface area contributed by atoms with Gasteiger partial charge < -0.3 is 0 Å². The lowest BCUT2D eigenvalue weighted by atomic mass is 9.42. The van der Waals surface area contributed by atoms with Crippen LogP contribution in [0.5, 0.6) is 0 Å². The van der Waals surface area contributed by atoms with Gasteiger partial charge in [0.15, 0.2) is 0 Å². The maximum absolute atomic E-state index is 6.07. The van der Waals surface area contributed by atoms with Gasteiger partial charge in [-0.15, -0.1) is 0 Å². The van der Waals surface area contributed by atoms with E-state index in [0.717, 1.165) is 17.8 Å². The van der Waals surface area contributed by atoms with Gasteiger partial charge in [0.25, 0.3) is 0 Å². The van der Waals surface area contributed by atoms with E-state index >= 15 is 0 Å². The van der Waals surface area contributed by atoms with Crippen molar-refractivity contribution in [2.24, 2.45) is 34.4 Å². The minimum absolute atomic E-state index is 0.558. The Morgan fingerprint density at radius 1 is 1.05 bits per heavy atom. The van der Waals surface area contributed by atoms with Crippen molar-refractivity contribution in [1.29, 1.82) is 0 Å². The van der Waals surface area contributed by atoms with Crippen LogP contribution in [0, 0.1) is 28.6 Å². The van der Waals surface area contributed by atoms with Crippen LogP contribution >= 0.6 is 0 Å². The van der Waals surface area contributed by atoms with Crippen LogP contribution < -0.4 is 11.3 Å². The zero-order valence-corrected chi connectivity index (χ0v) is 12.5. The van der Waals surface area contributed by atoms with Gasteiger partial charge in [-0.05, 0) is 80.0 Å². The molecule has 3 N–H and O–H groups in total. The van der Waals surface area contributed by atoms with Crippen LogP contribution in [0.1, 0.15) is 71.1 Å². The molecule has 5 aliphatic rings. The van der Waals surface area contributed by atoms with Crippen molar-refractivity contribution >= 4 is 0 Å². The van der Waals surface area contributed by atoms with Crippen molar-refractivity contribution in [1.82, 2.24) is 5.43 Å². The van der Waals surface area contributed by atoms with Crippen LogP contribution in [0.25, 0.3) is 0 Å². The van der Waals surface area contributed by atoms with Crippen molar-refractivity contribution in [3.63, 3.8) is 0 Å². The fraction of sp³-hybridized carbons (Fsp3) is 1.00. The third kappa shape index (κ3) is 1.90. The van der Waals surface area contributed by atoms with E-state index in [-0.39, 0.29) is 0 Å². The van der Waals surface area contributed by atoms with Crippen molar-refractivity contribution in [2.45, 2.75) is 77.2 Å². The van der Waals surface area contributed by atoms with E-state index in [1.54, 1.807) is 0 Å². The number of hydrogen-bond donors (Lipinski definition) is 2. The molecule has 0 amide bonds. The van der Waals surface area contributed by atoms with Crippen molar-refractivity contribution < 1.29 is 0 Å². The molecule has 2 nitrogen and oxygen atoms in total. The maximum atomic E-state index is 6.07. The molecule has 3 unspecified atom stereocenters. The standard InChI is InChI=1S/C17H30N2/c1-16-7-12-6-13(8-16)10-17(9-12,11-16)15(19-18)14-4-2-3-5-14/h12-15,19H,2-11,18H2,1H3. The van der Waals surface area contributed by atoms with Gasteiger partial charge >= 0.3 is 0 Å². The first-order chi connectivity index (χ1) is 9.12. The lowest BCUT2D eigenvalue weighted by Gasteiger charge is -2.64. The first kappa shape index (κ1) is 12.6. The molecule has 5 saturated carbocycles. The van der Waals surface area contributed by atoms with Gasteiger partial charge in [0.1, 0.15) is 0 Å². The highest BCUT2D eigenvalue weighted by Gasteiger charge is 2.59. The average molecular weight is 262 g/mol. The van der Waals surface area contributed by atoms with Crippen LogP contribution in [0.4, 0.5) is 0 Å². The monoisotopic (exact) mass is 262 g/mol. The summed E-state index contributed by atoms with van der Waals surface area (Å²) < 4.78 is 0. The molecule has 3 atom stereocenters. The molecule has 5 rings (SSSR count). The van der Waals surface area contributed by atoms with Crippen LogP contribution in [0.3, 0.4) is 0 Å². The highest BCUT2D eigenvalue weighted by atomic mass is 15.2. The molecule has 0 heterocycles. The fourth-order valence-electron chi connectivity index (χ4n) is 7.27.